The van der Waals surface area contributed by atoms with Crippen LogP contribution in [0.25, 0.3) is 0 Å². The number of nitrogens with zero attached hydrogens (tertiary/aromatic N) is 1. The van der Waals surface area contributed by atoms with E-state index in [4.69, 9.17) is 18.5 Å². The molecule has 0 aromatic carbocycles. The Morgan fingerprint density at radius 1 is 0.852 bits per heavy atom. The predicted molar refractivity (Wildman–Crippen MR) is 239 cm³/mol. The average molecular weight is 899 g/mol. The molecule has 12 nitrogen and oxygen atoms in total. The molecule has 0 aromatic heterocycles. The predicted octanol–water partition coefficient (Wildman–Crippen LogP) is 8.82. The van der Waals surface area contributed by atoms with Gasteiger partial charge in [0, 0.05) is 50.8 Å². The number of carboxylic acids is 1. The topological polar surface area (TPSA) is 158 Å². The van der Waals surface area contributed by atoms with Gasteiger partial charge in [0.05, 0.1) is 30.5 Å². The third-order valence-electron chi connectivity index (χ3n) is 18.9. The van der Waals surface area contributed by atoms with Crippen LogP contribution in [-0.4, -0.2) is 106 Å². The molecule has 6 rings (SSSR count). The first-order chi connectivity index (χ1) is 28.2. The number of fused-ring (bicyclic) bond motifs is 7. The normalized spacial score (nSPS) is 39.6. The van der Waals surface area contributed by atoms with E-state index in [1.807, 2.05) is 20.8 Å². The zero-order chi connectivity index (χ0) is 45.2. The Labute approximate surface area is 368 Å². The maximum atomic E-state index is 13.3. The van der Waals surface area contributed by atoms with E-state index >= 15 is 0 Å². The van der Waals surface area contributed by atoms with E-state index in [2.05, 4.69) is 58.7 Å². The van der Waals surface area contributed by atoms with Crippen molar-refractivity contribution in [3.05, 3.63) is 0 Å². The Kier molecular flexibility index (Phi) is 14.3. The summed E-state index contributed by atoms with van der Waals surface area (Å²) in [6.07, 6.45) is 10.5. The summed E-state index contributed by atoms with van der Waals surface area (Å²) in [4.78, 5) is 27.1. The lowest BCUT2D eigenvalue weighted by atomic mass is 9.32. The van der Waals surface area contributed by atoms with Gasteiger partial charge in [-0.3, -0.25) is 19.1 Å². The molecule has 14 heteroatoms. The van der Waals surface area contributed by atoms with Crippen LogP contribution in [0.1, 0.15) is 146 Å². The molecule has 61 heavy (non-hydrogen) atoms. The van der Waals surface area contributed by atoms with Gasteiger partial charge in [0.1, 0.15) is 12.5 Å². The van der Waals surface area contributed by atoms with Crippen molar-refractivity contribution in [2.75, 3.05) is 51.7 Å². The number of hydrogen-bond acceptors (Lipinski definition) is 11. The molecule has 1 saturated heterocycles. The third-order valence-corrected chi connectivity index (χ3v) is 22.1. The fraction of sp³-hybridized carbons (Fsp3) is 0.957. The summed E-state index contributed by atoms with van der Waals surface area (Å²) >= 11 is 0. The molecule has 1 aliphatic heterocycles. The van der Waals surface area contributed by atoms with E-state index in [-0.39, 0.29) is 82.1 Å². The van der Waals surface area contributed by atoms with Gasteiger partial charge in [0.25, 0.3) is 0 Å². The zero-order valence-electron chi connectivity index (χ0n) is 39.8. The summed E-state index contributed by atoms with van der Waals surface area (Å²) in [5, 5.41) is 13.7. The first-order valence-electron chi connectivity index (χ1n) is 23.6. The van der Waals surface area contributed by atoms with Gasteiger partial charge in [0.15, 0.2) is 9.84 Å². The second kappa shape index (κ2) is 17.6. The fourth-order valence-corrected chi connectivity index (χ4v) is 17.4. The van der Waals surface area contributed by atoms with E-state index in [0.29, 0.717) is 55.1 Å². The number of carbonyl (C=O) groups excluding carboxylic acids is 1. The van der Waals surface area contributed by atoms with Crippen molar-refractivity contribution < 1.29 is 46.2 Å². The smallest absolute Gasteiger partial charge is 0.355 e. The molecule has 2 unspecified atom stereocenters. The van der Waals surface area contributed by atoms with Gasteiger partial charge in [-0.25, -0.2) is 8.42 Å². The molecule has 0 radical (unpaired) electrons. The van der Waals surface area contributed by atoms with Crippen molar-refractivity contribution in [1.29, 1.82) is 0 Å². The van der Waals surface area contributed by atoms with Gasteiger partial charge in [-0.05, 0) is 128 Å². The minimum atomic E-state index is -3.40. The summed E-state index contributed by atoms with van der Waals surface area (Å²) in [5.41, 5.74) is -0.430. The minimum absolute atomic E-state index is 0.0272. The van der Waals surface area contributed by atoms with Crippen LogP contribution in [0, 0.1) is 62.6 Å². The van der Waals surface area contributed by atoms with Crippen LogP contribution in [-0.2, 0) is 42.5 Å². The Morgan fingerprint density at radius 3 is 2.11 bits per heavy atom. The van der Waals surface area contributed by atoms with Crippen molar-refractivity contribution in [2.24, 2.45) is 62.6 Å². The Morgan fingerprint density at radius 2 is 1.51 bits per heavy atom. The first kappa shape index (κ1) is 49.4. The fourth-order valence-electron chi connectivity index (χ4n) is 15.4. The number of hydrogen-bond donors (Lipinski definition) is 2. The molecule has 352 valence electrons. The second-order valence-electron chi connectivity index (χ2n) is 23.2. The monoisotopic (exact) mass is 899 g/mol. The first-order valence-corrected chi connectivity index (χ1v) is 27.2. The maximum Gasteiger partial charge on any atom is 0.355 e. The summed E-state index contributed by atoms with van der Waals surface area (Å²) in [5.74, 6) is 2.33. The molecular weight excluding hydrogens is 816 g/mol. The van der Waals surface area contributed by atoms with Crippen molar-refractivity contribution in [2.45, 2.75) is 170 Å². The number of sulfone groups is 1. The quantitative estimate of drug-likeness (QED) is 0.112. The highest BCUT2D eigenvalue weighted by Gasteiger charge is 2.71. The van der Waals surface area contributed by atoms with Crippen molar-refractivity contribution in [3.63, 3.8) is 0 Å². The van der Waals surface area contributed by atoms with Crippen molar-refractivity contribution >= 4 is 29.4 Å². The average Bonchev–Trinajstić information content (AvgIpc) is 3.55. The molecule has 0 amide bonds. The van der Waals surface area contributed by atoms with Crippen LogP contribution in [0.15, 0.2) is 0 Å². The molecule has 5 saturated carbocycles. The summed E-state index contributed by atoms with van der Waals surface area (Å²) in [6.45, 7) is 24.6. The van der Waals surface area contributed by atoms with Crippen LogP contribution < -0.4 is 5.32 Å². The number of aliphatic carboxylic acids is 1. The summed E-state index contributed by atoms with van der Waals surface area (Å²) < 4.78 is 61.1. The van der Waals surface area contributed by atoms with Crippen molar-refractivity contribution in [1.82, 2.24) is 10.2 Å². The van der Waals surface area contributed by atoms with E-state index in [1.165, 1.54) is 46.3 Å². The van der Waals surface area contributed by atoms with Gasteiger partial charge >= 0.3 is 19.5 Å². The third kappa shape index (κ3) is 9.22. The van der Waals surface area contributed by atoms with Crippen LogP contribution >= 0.6 is 7.60 Å². The summed E-state index contributed by atoms with van der Waals surface area (Å²) in [6, 6.07) is -0.114. The largest absolute Gasteiger partial charge is 0.481 e. The lowest BCUT2D eigenvalue weighted by Gasteiger charge is -2.73. The molecule has 0 bridgehead atoms. The van der Waals surface area contributed by atoms with Crippen LogP contribution in [0.2, 0.25) is 0 Å². The van der Waals surface area contributed by atoms with Gasteiger partial charge in [-0.2, -0.15) is 0 Å². The van der Waals surface area contributed by atoms with Gasteiger partial charge < -0.3 is 28.9 Å². The van der Waals surface area contributed by atoms with Crippen LogP contribution in [0.5, 0.6) is 0 Å². The molecule has 12 atom stereocenters. The van der Waals surface area contributed by atoms with E-state index in [1.54, 1.807) is 0 Å². The number of rotatable bonds is 16. The van der Waals surface area contributed by atoms with Gasteiger partial charge in [-0.15, -0.1) is 0 Å². The lowest BCUT2D eigenvalue weighted by molar-refractivity contribution is -0.247. The molecule has 0 aromatic rings. The highest BCUT2D eigenvalue weighted by atomic mass is 32.2. The molecular formula is C47H83N2O10PS. The highest BCUT2D eigenvalue weighted by Crippen LogP contribution is 2.76. The van der Waals surface area contributed by atoms with Crippen molar-refractivity contribution in [3.8, 4) is 0 Å². The van der Waals surface area contributed by atoms with Gasteiger partial charge in [-0.1, -0.05) is 62.3 Å². The Bertz CT molecular complexity index is 1750. The lowest BCUT2D eigenvalue weighted by Crippen LogP contribution is -2.69. The number of nitrogens with one attached hydrogen (secondary N) is 1. The highest BCUT2D eigenvalue weighted by molar-refractivity contribution is 7.91. The molecule has 0 spiro atoms. The zero-order valence-corrected chi connectivity index (χ0v) is 41.6. The van der Waals surface area contributed by atoms with E-state index in [0.717, 1.165) is 32.1 Å². The Hall–Kier alpha value is -1.08. The van der Waals surface area contributed by atoms with E-state index < -0.39 is 28.8 Å². The number of ether oxygens (including phenoxy) is 2. The molecule has 6 aliphatic rings. The maximum absolute atomic E-state index is 13.3. The number of carbonyl (C=O) groups is 2. The Balaban J connectivity index is 1.23. The SMILES string of the molecule is COP(=O)(COC(C)C(CN[C@]12CC[C@@H](C(C)C)[C@@H]1[C@H]1CC[C@@H]3[C@@]4(C)CC[C@H](OC(=O)CC(C)(C)CC(=O)O)C(C)(C)[C@@H]4CC[C@@]3(C)[C@]1(C)CC2)N1CCS(=O)(=O)CC1)OC. The van der Waals surface area contributed by atoms with Crippen LogP contribution in [0.4, 0.5) is 0 Å². The molecule has 5 aliphatic carbocycles. The van der Waals surface area contributed by atoms with E-state index in [9.17, 15) is 27.7 Å². The number of carboxylic acid groups (broad SMARTS) is 1. The van der Waals surface area contributed by atoms with Crippen LogP contribution in [0.3, 0.4) is 0 Å². The molecule has 2 N–H and O–H groups in total. The summed E-state index contributed by atoms with van der Waals surface area (Å²) in [7, 11) is -3.74. The molecule has 6 fully saturated rings. The molecule has 1 heterocycles. The minimum Gasteiger partial charge on any atom is -0.481 e. The second-order valence-corrected chi connectivity index (χ2v) is 27.7. The standard InChI is InChI=1S/C47H83N2O10PS/c1-31(2)33-15-20-47(48-29-35(49-23-25-61(54,55)26-24-49)32(3)58-30-60(53,56-11)57-12)22-21-45(9)34(41(33)47)13-14-37-44(8)18-17-38(43(6,7)36(44)16-19-46(37,45)10)59-40(52)28-42(4,5)27-39(50)51/h31-38,41,48H,13-30H2,1-12H3,(H,50,51)/t32?,33-,34+,35?,36-,37+,38-,41+,44-,45+,46+,47-/m0/s1. The number of esters is 1. The van der Waals surface area contributed by atoms with Gasteiger partial charge in [0.2, 0.25) is 0 Å².